The monoisotopic (exact) mass is 398 g/mol. The minimum atomic E-state index is 0.320. The number of aryl methyl sites for hydroxylation is 2. The summed E-state index contributed by atoms with van der Waals surface area (Å²) in [6, 6.07) is 10.5. The Bertz CT molecular complexity index is 752. The second-order valence-corrected chi connectivity index (χ2v) is 7.87. The molecule has 0 spiro atoms. The quantitative estimate of drug-likeness (QED) is 0.395. The fourth-order valence-corrected chi connectivity index (χ4v) is 3.51. The predicted molar refractivity (Wildman–Crippen MR) is 116 cm³/mol. The van der Waals surface area contributed by atoms with E-state index < -0.39 is 0 Å². The molecular formula is C24H34N2O3. The van der Waals surface area contributed by atoms with Crippen molar-refractivity contribution in [2.24, 2.45) is 4.99 Å². The number of unbranched alkanes of at least 4 members (excludes halogenated alkanes) is 5. The van der Waals surface area contributed by atoms with Crippen LogP contribution in [0.3, 0.4) is 0 Å². The van der Waals surface area contributed by atoms with Gasteiger partial charge in [0.15, 0.2) is 0 Å². The van der Waals surface area contributed by atoms with E-state index in [0.717, 1.165) is 61.0 Å². The van der Waals surface area contributed by atoms with E-state index in [2.05, 4.69) is 12.1 Å². The molecule has 0 fully saturated rings. The van der Waals surface area contributed by atoms with Gasteiger partial charge in [0.25, 0.3) is 0 Å². The maximum atomic E-state index is 5.87. The lowest BCUT2D eigenvalue weighted by atomic mass is 10.1. The Hall–Kier alpha value is -2.30. The van der Waals surface area contributed by atoms with Crippen LogP contribution in [0.2, 0.25) is 0 Å². The smallest absolute Gasteiger partial charge is 0.216 e. The van der Waals surface area contributed by atoms with Crippen molar-refractivity contribution in [3.05, 3.63) is 47.3 Å². The summed E-state index contributed by atoms with van der Waals surface area (Å²) in [6.45, 7) is 5.64. The molecule has 0 radical (unpaired) electrons. The van der Waals surface area contributed by atoms with Gasteiger partial charge < -0.3 is 14.0 Å². The first-order valence-electron chi connectivity index (χ1n) is 11.1. The van der Waals surface area contributed by atoms with Crippen LogP contribution in [0, 0.1) is 6.92 Å². The predicted octanol–water partition coefficient (Wildman–Crippen LogP) is 5.89. The normalized spacial score (nSPS) is 15.9. The lowest BCUT2D eigenvalue weighted by Crippen LogP contribution is -2.05. The molecule has 0 unspecified atom stereocenters. The Kier molecular flexibility index (Phi) is 8.59. The summed E-state index contributed by atoms with van der Waals surface area (Å²) >= 11 is 0. The zero-order valence-electron chi connectivity index (χ0n) is 17.9. The van der Waals surface area contributed by atoms with Crippen molar-refractivity contribution in [1.29, 1.82) is 0 Å². The minimum absolute atomic E-state index is 0.320. The Morgan fingerprint density at radius 1 is 1.03 bits per heavy atom. The molecule has 0 saturated carbocycles. The van der Waals surface area contributed by atoms with Crippen LogP contribution in [-0.4, -0.2) is 30.3 Å². The maximum absolute atomic E-state index is 5.87. The van der Waals surface area contributed by atoms with Gasteiger partial charge >= 0.3 is 0 Å². The summed E-state index contributed by atoms with van der Waals surface area (Å²) < 4.78 is 16.9. The first-order chi connectivity index (χ1) is 14.2. The fourth-order valence-electron chi connectivity index (χ4n) is 3.51. The number of aliphatic imine (C=N–C) groups is 1. The zero-order valence-corrected chi connectivity index (χ0v) is 17.9. The summed E-state index contributed by atoms with van der Waals surface area (Å²) in [5.41, 5.74) is 2.00. The van der Waals surface area contributed by atoms with Crippen LogP contribution in [0.5, 0.6) is 5.75 Å². The van der Waals surface area contributed by atoms with Crippen molar-refractivity contribution >= 4 is 5.90 Å². The summed E-state index contributed by atoms with van der Waals surface area (Å²) in [6.07, 6.45) is 10.4. The topological polar surface area (TPSA) is 56.9 Å². The largest absolute Gasteiger partial charge is 0.494 e. The van der Waals surface area contributed by atoms with E-state index in [1.54, 1.807) is 0 Å². The molecule has 158 valence electrons. The van der Waals surface area contributed by atoms with Crippen LogP contribution in [0.25, 0.3) is 0 Å². The molecule has 2 aromatic rings. The third-order valence-electron chi connectivity index (χ3n) is 5.22. The lowest BCUT2D eigenvalue weighted by molar-refractivity contribution is 0.303. The second kappa shape index (κ2) is 11.6. The molecule has 1 aliphatic heterocycles. The Morgan fingerprint density at radius 3 is 2.59 bits per heavy atom. The standard InChI is InChI=1S/C24H34N2O3/c1-3-4-10-21-18-28-24(25-21)20-12-14-22(15-13-20)27-16-9-7-5-6-8-11-23-17-19(2)26-29-23/h12-15,17,21H,3-11,16,18H2,1-2H3/t21-/m1/s1. The number of rotatable bonds is 13. The van der Waals surface area contributed by atoms with E-state index in [9.17, 15) is 0 Å². The van der Waals surface area contributed by atoms with Crippen LogP contribution >= 0.6 is 0 Å². The van der Waals surface area contributed by atoms with Gasteiger partial charge in [-0.1, -0.05) is 44.2 Å². The van der Waals surface area contributed by atoms with Gasteiger partial charge in [0, 0.05) is 18.1 Å². The highest BCUT2D eigenvalue weighted by molar-refractivity contribution is 5.95. The van der Waals surface area contributed by atoms with Gasteiger partial charge in [-0.3, -0.25) is 0 Å². The molecule has 0 N–H and O–H groups in total. The number of nitrogens with zero attached hydrogens (tertiary/aromatic N) is 2. The summed E-state index contributed by atoms with van der Waals surface area (Å²) in [4.78, 5) is 4.70. The average molecular weight is 399 g/mol. The average Bonchev–Trinajstić information content (AvgIpc) is 3.38. The molecule has 0 bridgehead atoms. The molecule has 3 rings (SSSR count). The van der Waals surface area contributed by atoms with Crippen molar-refractivity contribution in [3.63, 3.8) is 0 Å². The molecule has 1 atom stereocenters. The van der Waals surface area contributed by atoms with Crippen LogP contribution in [-0.2, 0) is 11.2 Å². The summed E-state index contributed by atoms with van der Waals surface area (Å²) in [7, 11) is 0. The molecule has 5 nitrogen and oxygen atoms in total. The van der Waals surface area contributed by atoms with Crippen LogP contribution in [0.1, 0.15) is 75.3 Å². The fraction of sp³-hybridized carbons (Fsp3) is 0.583. The third-order valence-corrected chi connectivity index (χ3v) is 5.22. The van der Waals surface area contributed by atoms with Crippen molar-refractivity contribution < 1.29 is 14.0 Å². The Labute approximate surface area is 174 Å². The van der Waals surface area contributed by atoms with Crippen LogP contribution < -0.4 is 4.74 Å². The first-order valence-corrected chi connectivity index (χ1v) is 11.1. The van der Waals surface area contributed by atoms with Crippen molar-refractivity contribution in [1.82, 2.24) is 5.16 Å². The van der Waals surface area contributed by atoms with Crippen LogP contribution in [0.4, 0.5) is 0 Å². The molecule has 29 heavy (non-hydrogen) atoms. The minimum Gasteiger partial charge on any atom is -0.494 e. The van der Waals surface area contributed by atoms with Crippen LogP contribution in [0.15, 0.2) is 39.8 Å². The van der Waals surface area contributed by atoms with E-state index in [4.69, 9.17) is 19.0 Å². The molecule has 0 aliphatic carbocycles. The van der Waals surface area contributed by atoms with Gasteiger partial charge in [-0.2, -0.15) is 0 Å². The van der Waals surface area contributed by atoms with Gasteiger partial charge in [-0.15, -0.1) is 0 Å². The highest BCUT2D eigenvalue weighted by Gasteiger charge is 2.19. The molecule has 2 heterocycles. The number of benzene rings is 1. The molecular weight excluding hydrogens is 364 g/mol. The Morgan fingerprint density at radius 2 is 1.83 bits per heavy atom. The van der Waals surface area contributed by atoms with Crippen molar-refractivity contribution in [3.8, 4) is 5.75 Å². The Balaban J connectivity index is 1.27. The zero-order chi connectivity index (χ0) is 20.3. The highest BCUT2D eigenvalue weighted by atomic mass is 16.5. The van der Waals surface area contributed by atoms with E-state index in [1.165, 1.54) is 32.1 Å². The second-order valence-electron chi connectivity index (χ2n) is 7.87. The van der Waals surface area contributed by atoms with E-state index in [-0.39, 0.29) is 0 Å². The van der Waals surface area contributed by atoms with E-state index >= 15 is 0 Å². The summed E-state index contributed by atoms with van der Waals surface area (Å²) in [5.74, 6) is 2.69. The van der Waals surface area contributed by atoms with Gasteiger partial charge in [-0.25, -0.2) is 4.99 Å². The number of hydrogen-bond acceptors (Lipinski definition) is 5. The van der Waals surface area contributed by atoms with Gasteiger partial charge in [0.05, 0.1) is 18.3 Å². The number of ether oxygens (including phenoxy) is 2. The highest BCUT2D eigenvalue weighted by Crippen LogP contribution is 2.19. The number of aromatic nitrogens is 1. The van der Waals surface area contributed by atoms with E-state index in [1.807, 2.05) is 37.3 Å². The SMILES string of the molecule is CCCC[C@@H]1COC(c2ccc(OCCCCCCCc3cc(C)no3)cc2)=N1. The number of hydrogen-bond donors (Lipinski definition) is 0. The molecule has 1 aromatic carbocycles. The first kappa shape index (κ1) is 21.4. The lowest BCUT2D eigenvalue weighted by Gasteiger charge is -2.07. The molecule has 0 amide bonds. The molecule has 5 heteroatoms. The molecule has 1 aliphatic rings. The maximum Gasteiger partial charge on any atom is 0.216 e. The summed E-state index contributed by atoms with van der Waals surface area (Å²) in [5, 5.41) is 3.92. The third kappa shape index (κ3) is 7.22. The van der Waals surface area contributed by atoms with Crippen molar-refractivity contribution in [2.45, 2.75) is 77.7 Å². The van der Waals surface area contributed by atoms with Crippen molar-refractivity contribution in [2.75, 3.05) is 13.2 Å². The van der Waals surface area contributed by atoms with E-state index in [0.29, 0.717) is 12.6 Å². The molecule has 0 saturated heterocycles. The molecule has 1 aromatic heterocycles. The van der Waals surface area contributed by atoms with Gasteiger partial charge in [0.1, 0.15) is 18.1 Å². The van der Waals surface area contributed by atoms with Gasteiger partial charge in [-0.05, 0) is 50.5 Å². The van der Waals surface area contributed by atoms with Gasteiger partial charge in [0.2, 0.25) is 5.90 Å².